The van der Waals surface area contributed by atoms with Crippen molar-refractivity contribution >= 4 is 28.3 Å². The van der Waals surface area contributed by atoms with Crippen LogP contribution in [0.1, 0.15) is 0 Å². The smallest absolute Gasteiger partial charge is 0.363 e. The van der Waals surface area contributed by atoms with E-state index in [1.807, 2.05) is 0 Å². The van der Waals surface area contributed by atoms with Crippen molar-refractivity contribution in [2.24, 2.45) is 0 Å². The third-order valence-electron chi connectivity index (χ3n) is 2.22. The van der Waals surface area contributed by atoms with Gasteiger partial charge in [0, 0.05) is 11.5 Å². The first-order valence-electron chi connectivity index (χ1n) is 4.51. The van der Waals surface area contributed by atoms with Crippen molar-refractivity contribution in [3.63, 3.8) is 0 Å². The van der Waals surface area contributed by atoms with E-state index < -0.39 is 16.5 Å². The Balaban J connectivity index is 2.81. The van der Waals surface area contributed by atoms with Gasteiger partial charge in [0.05, 0.1) is 12.1 Å². The van der Waals surface area contributed by atoms with E-state index in [2.05, 4.69) is 0 Å². The topological polar surface area (TPSA) is 86.0 Å². The van der Waals surface area contributed by atoms with Crippen molar-refractivity contribution in [1.82, 2.24) is 0 Å². The Morgan fingerprint density at radius 1 is 1.53 bits per heavy atom. The Morgan fingerprint density at radius 2 is 2.24 bits per heavy atom. The van der Waals surface area contributed by atoms with Crippen LogP contribution in [-0.4, -0.2) is 12.3 Å². The summed E-state index contributed by atoms with van der Waals surface area (Å²) >= 11 is 5.83. The highest BCUT2D eigenvalue weighted by Crippen LogP contribution is 2.31. The maximum Gasteiger partial charge on any atom is 0.363 e. The van der Waals surface area contributed by atoms with E-state index in [-0.39, 0.29) is 10.6 Å². The van der Waals surface area contributed by atoms with Crippen molar-refractivity contribution in [1.29, 1.82) is 0 Å². The van der Waals surface area contributed by atoms with Crippen molar-refractivity contribution < 1.29 is 14.4 Å². The lowest BCUT2D eigenvalue weighted by Crippen LogP contribution is -2.17. The molecule has 0 aliphatic heterocycles. The first-order valence-corrected chi connectivity index (χ1v) is 4.89. The molecule has 0 atom stereocenters. The average Bonchev–Trinajstić information content (AvgIpc) is 2.27. The molecule has 1 aromatic carbocycles. The molecule has 0 unspecified atom stereocenters. The van der Waals surface area contributed by atoms with Gasteiger partial charge in [-0.15, -0.1) is 0 Å². The minimum atomic E-state index is -1.02. The van der Waals surface area contributed by atoms with Gasteiger partial charge in [0.25, 0.3) is 0 Å². The first kappa shape index (κ1) is 11.7. The molecule has 0 saturated heterocycles. The molecule has 2 rings (SSSR count). The predicted octanol–water partition coefficient (Wildman–Crippen LogP) is 2.15. The molecule has 6 nitrogen and oxygen atoms in total. The minimum absolute atomic E-state index is 0.170. The maximum atomic E-state index is 11.4. The van der Waals surface area contributed by atoms with Gasteiger partial charge in [0.1, 0.15) is 11.3 Å². The second kappa shape index (κ2) is 4.25. The van der Waals surface area contributed by atoms with Crippen LogP contribution in [0.4, 0.5) is 5.69 Å². The molecule has 0 fully saturated rings. The van der Waals surface area contributed by atoms with Crippen LogP contribution < -0.4 is 15.6 Å². The summed E-state index contributed by atoms with van der Waals surface area (Å²) in [5, 5.41) is 19.1. The molecule has 1 aromatic heterocycles. The summed E-state index contributed by atoms with van der Waals surface area (Å²) in [7, 11) is 1.46. The number of benzene rings is 1. The zero-order valence-electron chi connectivity index (χ0n) is 8.64. The molecule has 0 spiro atoms. The number of hydrogen-bond donors (Lipinski definition) is 1. The van der Waals surface area contributed by atoms with Crippen LogP contribution >= 0.6 is 11.6 Å². The van der Waals surface area contributed by atoms with Gasteiger partial charge in [-0.05, 0) is 12.1 Å². The van der Waals surface area contributed by atoms with Crippen molar-refractivity contribution in [2.75, 3.05) is 12.3 Å². The van der Waals surface area contributed by atoms with E-state index in [9.17, 15) is 10.0 Å². The minimum Gasteiger partial charge on any atom is -0.733 e. The molecular formula is C10H7ClNO5-. The van der Waals surface area contributed by atoms with Crippen molar-refractivity contribution in [2.45, 2.75) is 0 Å². The molecule has 0 bridgehead atoms. The normalized spacial score (nSPS) is 10.6. The Hall–Kier alpha value is -1.76. The number of halogens is 1. The fraction of sp³-hybridized carbons (Fsp3) is 0.100. The van der Waals surface area contributed by atoms with Gasteiger partial charge in [0.2, 0.25) is 0 Å². The van der Waals surface area contributed by atoms with Crippen LogP contribution in [0.3, 0.4) is 0 Å². The van der Waals surface area contributed by atoms with Crippen molar-refractivity contribution in [3.8, 4) is 5.75 Å². The number of methoxy groups -OCH3 is 1. The Morgan fingerprint density at radius 3 is 2.82 bits per heavy atom. The summed E-state index contributed by atoms with van der Waals surface area (Å²) in [5.74, 6) is 0.479. The van der Waals surface area contributed by atoms with Gasteiger partial charge in [0.15, 0.2) is 5.69 Å². The number of hydrogen-bond acceptors (Lipinski definition) is 6. The fourth-order valence-corrected chi connectivity index (χ4v) is 1.73. The highest BCUT2D eigenvalue weighted by molar-refractivity contribution is 6.37. The highest BCUT2D eigenvalue weighted by atomic mass is 35.5. The fourth-order valence-electron chi connectivity index (χ4n) is 1.42. The third kappa shape index (κ3) is 1.93. The SMILES string of the molecule is COc1ccc2c(Cl)c(N([O-])O)c(=O)oc2c1. The molecule has 1 heterocycles. The van der Waals surface area contributed by atoms with Crippen LogP contribution in [-0.2, 0) is 0 Å². The molecule has 0 saturated carbocycles. The summed E-state index contributed by atoms with van der Waals surface area (Å²) in [6, 6.07) is 4.57. The van der Waals surface area contributed by atoms with Crippen LogP contribution in [0.25, 0.3) is 11.0 Å². The molecule has 7 heteroatoms. The maximum absolute atomic E-state index is 11.4. The van der Waals surface area contributed by atoms with E-state index in [1.165, 1.54) is 19.2 Å². The van der Waals surface area contributed by atoms with Crippen LogP contribution in [0.15, 0.2) is 27.4 Å². The summed E-state index contributed by atoms with van der Waals surface area (Å²) in [6.07, 6.45) is 0. The van der Waals surface area contributed by atoms with E-state index in [1.54, 1.807) is 6.07 Å². The molecule has 90 valence electrons. The van der Waals surface area contributed by atoms with Gasteiger partial charge in [-0.25, -0.2) is 4.79 Å². The van der Waals surface area contributed by atoms with Crippen LogP contribution in [0, 0.1) is 5.21 Å². The molecule has 1 N–H and O–H groups in total. The standard InChI is InChI=1S/C10H7ClNO5/c1-16-5-2-3-6-7(4-5)17-10(13)9(8(6)11)12(14)15/h2-4,14H,1H3/q-1. The van der Waals surface area contributed by atoms with Gasteiger partial charge in [-0.2, -0.15) is 0 Å². The molecular weight excluding hydrogens is 250 g/mol. The van der Waals surface area contributed by atoms with Gasteiger partial charge in [-0.1, -0.05) is 11.6 Å². The lowest BCUT2D eigenvalue weighted by atomic mass is 10.2. The lowest BCUT2D eigenvalue weighted by molar-refractivity contribution is 0.292. The third-order valence-corrected chi connectivity index (χ3v) is 2.60. The summed E-state index contributed by atoms with van der Waals surface area (Å²) in [4.78, 5) is 11.4. The average molecular weight is 257 g/mol. The monoisotopic (exact) mass is 256 g/mol. The van der Waals surface area contributed by atoms with E-state index in [0.29, 0.717) is 11.1 Å². The second-order valence-electron chi connectivity index (χ2n) is 3.19. The molecule has 0 aliphatic carbocycles. The Bertz CT molecular complexity index is 622. The molecule has 17 heavy (non-hydrogen) atoms. The number of nitrogens with zero attached hydrogens (tertiary/aromatic N) is 1. The van der Waals surface area contributed by atoms with Crippen molar-refractivity contribution in [3.05, 3.63) is 38.8 Å². The lowest BCUT2D eigenvalue weighted by Gasteiger charge is -2.21. The summed E-state index contributed by atoms with van der Waals surface area (Å²) in [5.41, 5.74) is -1.50. The zero-order chi connectivity index (χ0) is 12.6. The summed E-state index contributed by atoms with van der Waals surface area (Å²) < 4.78 is 9.81. The Kier molecular flexibility index (Phi) is 2.93. The van der Waals surface area contributed by atoms with Gasteiger partial charge in [-0.3, -0.25) is 5.21 Å². The van der Waals surface area contributed by atoms with Crippen LogP contribution in [0.5, 0.6) is 5.75 Å². The molecule has 2 aromatic rings. The van der Waals surface area contributed by atoms with E-state index in [4.69, 9.17) is 26.0 Å². The largest absolute Gasteiger partial charge is 0.733 e. The Labute approximate surface area is 100 Å². The van der Waals surface area contributed by atoms with Crippen LogP contribution in [0.2, 0.25) is 5.02 Å². The quantitative estimate of drug-likeness (QED) is 0.654. The highest BCUT2D eigenvalue weighted by Gasteiger charge is 2.14. The predicted molar refractivity (Wildman–Crippen MR) is 61.7 cm³/mol. The molecule has 0 amide bonds. The van der Waals surface area contributed by atoms with Gasteiger partial charge < -0.3 is 19.6 Å². The molecule has 0 aliphatic rings. The number of ether oxygens (including phenoxy) is 1. The molecule has 0 radical (unpaired) electrons. The second-order valence-corrected chi connectivity index (χ2v) is 3.57. The first-order chi connectivity index (χ1) is 8.04. The number of anilines is 1. The number of fused-ring (bicyclic) bond motifs is 1. The zero-order valence-corrected chi connectivity index (χ0v) is 9.39. The number of rotatable bonds is 2. The van der Waals surface area contributed by atoms with E-state index >= 15 is 0 Å². The van der Waals surface area contributed by atoms with Gasteiger partial charge >= 0.3 is 5.63 Å². The van der Waals surface area contributed by atoms with E-state index in [0.717, 1.165) is 0 Å². The summed E-state index contributed by atoms with van der Waals surface area (Å²) in [6.45, 7) is 0.